The van der Waals surface area contributed by atoms with Gasteiger partial charge in [-0.1, -0.05) is 42.5 Å². The number of halogens is 3. The Balaban J connectivity index is 1.78. The summed E-state index contributed by atoms with van der Waals surface area (Å²) in [6.07, 6.45) is -4.65. The number of carbonyl (C=O) groups excluding carboxylic acids is 1. The molecule has 0 saturated heterocycles. The molecule has 0 bridgehead atoms. The van der Waals surface area contributed by atoms with Crippen molar-refractivity contribution >= 4 is 32.4 Å². The number of amides is 1. The summed E-state index contributed by atoms with van der Waals surface area (Å²) in [6.45, 7) is -0.638. The Labute approximate surface area is 165 Å². The molecule has 9 heteroatoms. The molecule has 0 aliphatic heterocycles. The predicted octanol–water partition coefficient (Wildman–Crippen LogP) is 4.12. The number of rotatable bonds is 5. The molecule has 152 valence electrons. The number of hydrogen-bond donors (Lipinski definition) is 1. The van der Waals surface area contributed by atoms with Crippen LogP contribution in [0.15, 0.2) is 71.6 Å². The summed E-state index contributed by atoms with van der Waals surface area (Å²) in [5.74, 6) is -0.881. The molecule has 3 aromatic carbocycles. The quantitative estimate of drug-likeness (QED) is 0.673. The molecule has 0 aromatic heterocycles. The number of alkyl halides is 3. The first-order valence-corrected chi connectivity index (χ1v) is 9.94. The van der Waals surface area contributed by atoms with Gasteiger partial charge < -0.3 is 5.32 Å². The van der Waals surface area contributed by atoms with Gasteiger partial charge in [0.05, 0.1) is 22.7 Å². The fraction of sp³-hybridized carbons (Fsp3) is 0.150. The monoisotopic (exact) mass is 422 g/mol. The molecule has 0 spiro atoms. The molecule has 29 heavy (non-hydrogen) atoms. The van der Waals surface area contributed by atoms with Crippen LogP contribution >= 0.6 is 0 Å². The van der Waals surface area contributed by atoms with E-state index in [0.717, 1.165) is 21.8 Å². The minimum atomic E-state index is -4.65. The maximum absolute atomic E-state index is 13.0. The fourth-order valence-electron chi connectivity index (χ4n) is 2.82. The zero-order valence-corrected chi connectivity index (χ0v) is 16.1. The van der Waals surface area contributed by atoms with Crippen LogP contribution in [0.5, 0.6) is 0 Å². The van der Waals surface area contributed by atoms with Gasteiger partial charge in [0.2, 0.25) is 15.9 Å². The number of hydrogen-bond acceptors (Lipinski definition) is 3. The molecule has 0 fully saturated rings. The molecule has 0 heterocycles. The van der Waals surface area contributed by atoms with Gasteiger partial charge in [-0.05, 0) is 35.0 Å². The Morgan fingerprint density at radius 2 is 1.59 bits per heavy atom. The molecule has 1 amide bonds. The van der Waals surface area contributed by atoms with Gasteiger partial charge >= 0.3 is 6.18 Å². The van der Waals surface area contributed by atoms with Crippen molar-refractivity contribution in [2.24, 2.45) is 0 Å². The van der Waals surface area contributed by atoms with E-state index in [1.807, 2.05) is 12.1 Å². The normalized spacial score (nSPS) is 12.3. The van der Waals surface area contributed by atoms with E-state index in [2.05, 4.69) is 5.32 Å². The molecular formula is C20H17F3N2O3S. The highest BCUT2D eigenvalue weighted by molar-refractivity contribution is 7.89. The first kappa shape index (κ1) is 20.8. The van der Waals surface area contributed by atoms with E-state index < -0.39 is 39.9 Å². The van der Waals surface area contributed by atoms with Crippen LogP contribution in [0.3, 0.4) is 0 Å². The van der Waals surface area contributed by atoms with Crippen molar-refractivity contribution in [3.63, 3.8) is 0 Å². The number of nitrogens with zero attached hydrogens (tertiary/aromatic N) is 1. The zero-order chi connectivity index (χ0) is 21.2. The van der Waals surface area contributed by atoms with Crippen molar-refractivity contribution in [3.8, 4) is 0 Å². The molecule has 3 rings (SSSR count). The highest BCUT2D eigenvalue weighted by Gasteiger charge is 2.33. The van der Waals surface area contributed by atoms with Gasteiger partial charge in [0.15, 0.2) is 0 Å². The van der Waals surface area contributed by atoms with Gasteiger partial charge in [-0.3, -0.25) is 4.79 Å². The minimum absolute atomic E-state index is 0.0119. The maximum atomic E-state index is 13.0. The summed E-state index contributed by atoms with van der Waals surface area (Å²) in [5, 5.41) is 3.71. The second-order valence-corrected chi connectivity index (χ2v) is 8.41. The van der Waals surface area contributed by atoms with Crippen molar-refractivity contribution in [2.75, 3.05) is 18.9 Å². The van der Waals surface area contributed by atoms with Crippen LogP contribution in [0.1, 0.15) is 5.56 Å². The van der Waals surface area contributed by atoms with Gasteiger partial charge in [-0.25, -0.2) is 8.42 Å². The van der Waals surface area contributed by atoms with Crippen molar-refractivity contribution in [3.05, 3.63) is 72.3 Å². The molecular weight excluding hydrogens is 405 g/mol. The van der Waals surface area contributed by atoms with E-state index in [0.29, 0.717) is 5.39 Å². The lowest BCUT2D eigenvalue weighted by Crippen LogP contribution is -2.35. The Kier molecular flexibility index (Phi) is 5.63. The molecule has 0 atom stereocenters. The van der Waals surface area contributed by atoms with Crippen LogP contribution in [0.4, 0.5) is 18.9 Å². The SMILES string of the molecule is CN(CC(=O)Nc1ccccc1C(F)(F)F)S(=O)(=O)c1ccc2ccccc2c1. The van der Waals surface area contributed by atoms with Crippen LogP contribution in [-0.2, 0) is 21.0 Å². The summed E-state index contributed by atoms with van der Waals surface area (Å²) in [4.78, 5) is 12.2. The highest BCUT2D eigenvalue weighted by atomic mass is 32.2. The first-order valence-electron chi connectivity index (χ1n) is 8.50. The number of para-hydroxylation sites is 1. The van der Waals surface area contributed by atoms with E-state index in [1.54, 1.807) is 18.2 Å². The molecule has 0 aliphatic rings. The molecule has 1 N–H and O–H groups in total. The number of fused-ring (bicyclic) bond motifs is 1. The average Bonchev–Trinajstić information content (AvgIpc) is 2.67. The summed E-state index contributed by atoms with van der Waals surface area (Å²) in [5.41, 5.74) is -1.44. The van der Waals surface area contributed by atoms with Gasteiger partial charge in [0, 0.05) is 7.05 Å². The summed E-state index contributed by atoms with van der Waals surface area (Å²) < 4.78 is 65.4. The van der Waals surface area contributed by atoms with Crippen LogP contribution < -0.4 is 5.32 Å². The molecule has 0 saturated carbocycles. The second-order valence-electron chi connectivity index (χ2n) is 6.36. The zero-order valence-electron chi connectivity index (χ0n) is 15.3. The van der Waals surface area contributed by atoms with Crippen molar-refractivity contribution < 1.29 is 26.4 Å². The third-order valence-electron chi connectivity index (χ3n) is 4.30. The van der Waals surface area contributed by atoms with Gasteiger partial charge in [0.25, 0.3) is 0 Å². The standard InChI is InChI=1S/C20H17F3N2O3S/c1-25(13-19(26)24-18-9-5-4-8-17(18)20(21,22)23)29(27,28)16-11-10-14-6-2-3-7-15(14)12-16/h2-12H,13H2,1H3,(H,24,26). The van der Waals surface area contributed by atoms with Crippen LogP contribution in [0.2, 0.25) is 0 Å². The Morgan fingerprint density at radius 1 is 0.966 bits per heavy atom. The Hall–Kier alpha value is -2.91. The van der Waals surface area contributed by atoms with Crippen molar-refractivity contribution in [1.82, 2.24) is 4.31 Å². The lowest BCUT2D eigenvalue weighted by Gasteiger charge is -2.18. The van der Waals surface area contributed by atoms with Gasteiger partial charge in [-0.15, -0.1) is 0 Å². The van der Waals surface area contributed by atoms with Crippen LogP contribution in [-0.4, -0.2) is 32.2 Å². The number of nitrogens with one attached hydrogen (secondary N) is 1. The van der Waals surface area contributed by atoms with E-state index >= 15 is 0 Å². The van der Waals surface area contributed by atoms with Crippen LogP contribution in [0.25, 0.3) is 10.8 Å². The summed E-state index contributed by atoms with van der Waals surface area (Å²) in [7, 11) is -2.81. The first-order chi connectivity index (χ1) is 13.6. The summed E-state index contributed by atoms with van der Waals surface area (Å²) >= 11 is 0. The number of benzene rings is 3. The van der Waals surface area contributed by atoms with E-state index in [9.17, 15) is 26.4 Å². The minimum Gasteiger partial charge on any atom is -0.324 e. The van der Waals surface area contributed by atoms with E-state index in [-0.39, 0.29) is 4.90 Å². The largest absolute Gasteiger partial charge is 0.418 e. The molecule has 0 aliphatic carbocycles. The van der Waals surface area contributed by atoms with Crippen molar-refractivity contribution in [1.29, 1.82) is 0 Å². The smallest absolute Gasteiger partial charge is 0.324 e. The predicted molar refractivity (Wildman–Crippen MR) is 104 cm³/mol. The number of carbonyl (C=O) groups is 1. The molecule has 0 unspecified atom stereocenters. The van der Waals surface area contributed by atoms with Gasteiger partial charge in [-0.2, -0.15) is 17.5 Å². The lowest BCUT2D eigenvalue weighted by molar-refractivity contribution is -0.137. The second kappa shape index (κ2) is 7.84. The van der Waals surface area contributed by atoms with E-state index in [4.69, 9.17) is 0 Å². The average molecular weight is 422 g/mol. The van der Waals surface area contributed by atoms with Gasteiger partial charge in [0.1, 0.15) is 0 Å². The van der Waals surface area contributed by atoms with Crippen molar-refractivity contribution in [2.45, 2.75) is 11.1 Å². The van der Waals surface area contributed by atoms with Crippen LogP contribution in [0, 0.1) is 0 Å². The Bertz CT molecular complexity index is 1160. The Morgan fingerprint density at radius 3 is 2.28 bits per heavy atom. The molecule has 5 nitrogen and oxygen atoms in total. The third kappa shape index (κ3) is 4.57. The number of sulfonamides is 1. The fourth-order valence-corrected chi connectivity index (χ4v) is 3.99. The maximum Gasteiger partial charge on any atom is 0.418 e. The number of likely N-dealkylation sites (N-methyl/N-ethyl adjacent to an activating group) is 1. The topological polar surface area (TPSA) is 66.5 Å². The lowest BCUT2D eigenvalue weighted by atomic mass is 10.1. The third-order valence-corrected chi connectivity index (χ3v) is 6.10. The highest BCUT2D eigenvalue weighted by Crippen LogP contribution is 2.34. The molecule has 0 radical (unpaired) electrons. The van der Waals surface area contributed by atoms with E-state index in [1.165, 1.54) is 31.3 Å². The summed E-state index contributed by atoms with van der Waals surface area (Å²) in [6, 6.07) is 16.2. The number of anilines is 1. The molecule has 3 aromatic rings.